The summed E-state index contributed by atoms with van der Waals surface area (Å²) in [6.45, 7) is 0.564. The molecule has 0 saturated carbocycles. The minimum Gasteiger partial charge on any atom is -0.469 e. The lowest BCUT2D eigenvalue weighted by atomic mass is 10.0. The largest absolute Gasteiger partial charge is 0.469 e. The zero-order chi connectivity index (χ0) is 11.1. The van der Waals surface area contributed by atoms with Gasteiger partial charge in [0.05, 0.1) is 13.5 Å². The molecule has 1 atom stereocenters. The predicted molar refractivity (Wildman–Crippen MR) is 53.4 cm³/mol. The summed E-state index contributed by atoms with van der Waals surface area (Å²) in [5.41, 5.74) is 0.666. The number of nitrogens with zero attached hydrogens (tertiary/aromatic N) is 1. The number of sulfonamides is 1. The topological polar surface area (TPSA) is 63.7 Å². The molecule has 0 aromatic rings. The molecule has 6 heteroatoms. The quantitative estimate of drug-likeness (QED) is 0.639. The van der Waals surface area contributed by atoms with Gasteiger partial charge in [0.2, 0.25) is 10.0 Å². The molecule has 0 N–H and O–H groups in total. The van der Waals surface area contributed by atoms with Crippen molar-refractivity contribution in [3.05, 3.63) is 11.0 Å². The first-order chi connectivity index (χ1) is 7.04. The van der Waals surface area contributed by atoms with Gasteiger partial charge >= 0.3 is 5.97 Å². The fourth-order valence-electron chi connectivity index (χ4n) is 2.15. The molecular weight excluding hydrogens is 218 g/mol. The number of hydrogen-bond acceptors (Lipinski definition) is 4. The van der Waals surface area contributed by atoms with Gasteiger partial charge in [-0.05, 0) is 18.4 Å². The Morgan fingerprint density at radius 3 is 3.07 bits per heavy atom. The molecule has 5 nitrogen and oxygen atoms in total. The molecule has 0 aliphatic carbocycles. The van der Waals surface area contributed by atoms with Gasteiger partial charge in [-0.15, -0.1) is 0 Å². The molecule has 0 bridgehead atoms. The van der Waals surface area contributed by atoms with Crippen LogP contribution in [0.25, 0.3) is 0 Å². The highest BCUT2D eigenvalue weighted by Crippen LogP contribution is 2.35. The number of rotatable bonds is 2. The monoisotopic (exact) mass is 231 g/mol. The van der Waals surface area contributed by atoms with Crippen molar-refractivity contribution in [3.63, 3.8) is 0 Å². The Morgan fingerprint density at radius 1 is 1.67 bits per heavy atom. The molecule has 15 heavy (non-hydrogen) atoms. The smallest absolute Gasteiger partial charge is 0.309 e. The number of fused-ring (bicyclic) bond motifs is 1. The molecule has 0 aromatic carbocycles. The van der Waals surface area contributed by atoms with Gasteiger partial charge in [-0.3, -0.25) is 4.79 Å². The lowest BCUT2D eigenvalue weighted by Gasteiger charge is -2.15. The molecule has 1 fully saturated rings. The second kappa shape index (κ2) is 3.61. The maximum absolute atomic E-state index is 11.6. The van der Waals surface area contributed by atoms with Gasteiger partial charge in [-0.25, -0.2) is 8.42 Å². The van der Waals surface area contributed by atoms with Crippen LogP contribution in [-0.4, -0.2) is 38.4 Å². The Bertz CT molecular complexity index is 412. The first-order valence-corrected chi connectivity index (χ1v) is 6.34. The van der Waals surface area contributed by atoms with Crippen LogP contribution in [0.2, 0.25) is 0 Å². The van der Waals surface area contributed by atoms with Gasteiger partial charge in [-0.2, -0.15) is 4.31 Å². The average molecular weight is 231 g/mol. The average Bonchev–Trinajstić information content (AvgIpc) is 2.71. The standard InChI is InChI=1S/C9H13NO4S/c1-14-9(11)5-7-6-15(12,13)10-4-2-3-8(7)10/h6,8H,2-5H2,1H3. The van der Waals surface area contributed by atoms with Crippen LogP contribution in [0, 0.1) is 0 Å². The van der Waals surface area contributed by atoms with Crippen LogP contribution in [0.1, 0.15) is 19.3 Å². The number of carbonyl (C=O) groups is 1. The zero-order valence-electron chi connectivity index (χ0n) is 8.47. The summed E-state index contributed by atoms with van der Waals surface area (Å²) in [6, 6.07) is -0.103. The number of methoxy groups -OCH3 is 1. The van der Waals surface area contributed by atoms with Crippen LogP contribution >= 0.6 is 0 Å². The highest BCUT2D eigenvalue weighted by Gasteiger charge is 2.41. The van der Waals surface area contributed by atoms with Gasteiger partial charge in [0.25, 0.3) is 0 Å². The molecule has 0 spiro atoms. The van der Waals surface area contributed by atoms with Crippen molar-refractivity contribution >= 4 is 16.0 Å². The summed E-state index contributed by atoms with van der Waals surface area (Å²) in [5, 5.41) is 1.22. The summed E-state index contributed by atoms with van der Waals surface area (Å²) in [6.07, 6.45) is 1.75. The van der Waals surface area contributed by atoms with Crippen LogP contribution < -0.4 is 0 Å². The summed E-state index contributed by atoms with van der Waals surface area (Å²) < 4.78 is 29.2. The van der Waals surface area contributed by atoms with E-state index in [0.29, 0.717) is 12.1 Å². The van der Waals surface area contributed by atoms with Crippen molar-refractivity contribution in [1.29, 1.82) is 0 Å². The Morgan fingerprint density at radius 2 is 2.40 bits per heavy atom. The molecule has 2 rings (SSSR count). The van der Waals surface area contributed by atoms with E-state index in [0.717, 1.165) is 12.8 Å². The van der Waals surface area contributed by atoms with Gasteiger partial charge < -0.3 is 4.74 Å². The third kappa shape index (κ3) is 1.79. The molecular formula is C9H13NO4S. The van der Waals surface area contributed by atoms with Crippen molar-refractivity contribution in [1.82, 2.24) is 4.31 Å². The van der Waals surface area contributed by atoms with Gasteiger partial charge in [0, 0.05) is 18.0 Å². The van der Waals surface area contributed by atoms with Gasteiger partial charge in [0.1, 0.15) is 0 Å². The maximum atomic E-state index is 11.6. The van der Waals surface area contributed by atoms with E-state index in [-0.39, 0.29) is 18.4 Å². The Labute approximate surface area is 88.8 Å². The van der Waals surface area contributed by atoms with E-state index in [1.807, 2.05) is 0 Å². The van der Waals surface area contributed by atoms with Gasteiger partial charge in [-0.1, -0.05) is 0 Å². The second-order valence-electron chi connectivity index (χ2n) is 3.76. The van der Waals surface area contributed by atoms with Crippen LogP contribution in [0.15, 0.2) is 11.0 Å². The minimum absolute atomic E-state index is 0.0803. The number of carbonyl (C=O) groups excluding carboxylic acids is 1. The van der Waals surface area contributed by atoms with Crippen LogP contribution in [0.3, 0.4) is 0 Å². The highest BCUT2D eigenvalue weighted by atomic mass is 32.2. The van der Waals surface area contributed by atoms with E-state index >= 15 is 0 Å². The first kappa shape index (κ1) is 10.6. The fraction of sp³-hybridized carbons (Fsp3) is 0.667. The van der Waals surface area contributed by atoms with Crippen LogP contribution in [0.4, 0.5) is 0 Å². The molecule has 2 aliphatic rings. The molecule has 0 aromatic heterocycles. The minimum atomic E-state index is -3.26. The normalized spacial score (nSPS) is 28.6. The van der Waals surface area contributed by atoms with Gasteiger partial charge in [0.15, 0.2) is 0 Å². The Kier molecular flexibility index (Phi) is 2.56. The van der Waals surface area contributed by atoms with E-state index in [9.17, 15) is 13.2 Å². The lowest BCUT2D eigenvalue weighted by Crippen LogP contribution is -2.29. The summed E-state index contributed by atoms with van der Waals surface area (Å²) in [7, 11) is -1.96. The van der Waals surface area contributed by atoms with E-state index in [1.165, 1.54) is 16.8 Å². The molecule has 1 unspecified atom stereocenters. The summed E-state index contributed by atoms with van der Waals surface area (Å²) >= 11 is 0. The highest BCUT2D eigenvalue weighted by molar-refractivity contribution is 7.92. The number of hydrogen-bond donors (Lipinski definition) is 0. The first-order valence-electron chi connectivity index (χ1n) is 4.84. The fourth-order valence-corrected chi connectivity index (χ4v) is 3.89. The molecule has 2 heterocycles. The molecule has 0 radical (unpaired) electrons. The zero-order valence-corrected chi connectivity index (χ0v) is 9.29. The van der Waals surface area contributed by atoms with Crippen LogP contribution in [0.5, 0.6) is 0 Å². The van der Waals surface area contributed by atoms with E-state index in [1.54, 1.807) is 0 Å². The van der Waals surface area contributed by atoms with Crippen molar-refractivity contribution in [2.75, 3.05) is 13.7 Å². The SMILES string of the molecule is COC(=O)CC1=CS(=O)(=O)N2CCCC12. The molecule has 1 saturated heterocycles. The molecule has 0 amide bonds. The third-order valence-corrected chi connectivity index (χ3v) is 4.53. The van der Waals surface area contributed by atoms with Crippen molar-refractivity contribution in [2.45, 2.75) is 25.3 Å². The lowest BCUT2D eigenvalue weighted by molar-refractivity contribution is -0.139. The predicted octanol–water partition coefficient (Wildman–Crippen LogP) is 0.241. The van der Waals surface area contributed by atoms with E-state index in [2.05, 4.69) is 4.74 Å². The third-order valence-electron chi connectivity index (χ3n) is 2.84. The van der Waals surface area contributed by atoms with E-state index < -0.39 is 10.0 Å². The molecule has 2 aliphatic heterocycles. The Balaban J connectivity index is 2.22. The van der Waals surface area contributed by atoms with Crippen molar-refractivity contribution in [2.24, 2.45) is 0 Å². The van der Waals surface area contributed by atoms with Crippen molar-refractivity contribution in [3.8, 4) is 0 Å². The summed E-state index contributed by atoms with van der Waals surface area (Å²) in [5.74, 6) is -0.384. The Hall–Kier alpha value is -0.880. The maximum Gasteiger partial charge on any atom is 0.309 e. The number of esters is 1. The van der Waals surface area contributed by atoms with Crippen LogP contribution in [-0.2, 0) is 19.6 Å². The number of ether oxygens (including phenoxy) is 1. The summed E-state index contributed by atoms with van der Waals surface area (Å²) in [4.78, 5) is 11.1. The van der Waals surface area contributed by atoms with Crippen molar-refractivity contribution < 1.29 is 17.9 Å². The van der Waals surface area contributed by atoms with E-state index in [4.69, 9.17) is 0 Å². The second-order valence-corrected chi connectivity index (χ2v) is 5.49. The molecule has 84 valence electrons.